The number of benzene rings is 2. The van der Waals surface area contributed by atoms with Gasteiger partial charge in [0, 0.05) is 22.3 Å². The number of rotatable bonds is 44. The van der Waals surface area contributed by atoms with Crippen LogP contribution in [0.4, 0.5) is 0 Å². The number of aryl methyl sites for hydroxylation is 4. The van der Waals surface area contributed by atoms with E-state index in [2.05, 4.69) is 107 Å². The topological polar surface area (TPSA) is 25.3 Å². The second kappa shape index (κ2) is 50.2. The fourth-order valence-electron chi connectivity index (χ4n) is 11.0. The van der Waals surface area contributed by atoms with Crippen molar-refractivity contribution in [1.29, 1.82) is 0 Å². The first-order chi connectivity index (χ1) is 36.3. The number of allylic oxidation sites excluding steroid dienone is 2. The van der Waals surface area contributed by atoms with Gasteiger partial charge in [0.05, 0.1) is 0 Å². The van der Waals surface area contributed by atoms with E-state index in [0.717, 1.165) is 88.4 Å². The van der Waals surface area contributed by atoms with Gasteiger partial charge in [0.15, 0.2) is 0 Å². The Bertz CT molecular complexity index is 1540. The van der Waals surface area contributed by atoms with Crippen molar-refractivity contribution >= 4 is 11.4 Å². The van der Waals surface area contributed by atoms with Crippen molar-refractivity contribution in [2.24, 2.45) is 0 Å². The molecule has 3 heteroatoms. The van der Waals surface area contributed by atoms with Crippen LogP contribution in [0.15, 0.2) is 35.4 Å². The van der Waals surface area contributed by atoms with Crippen molar-refractivity contribution in [2.45, 2.75) is 352 Å². The number of unbranched alkanes of at least 4 members (excludes halogenated alkanes) is 26. The summed E-state index contributed by atoms with van der Waals surface area (Å²) >= 11 is 0. The summed E-state index contributed by atoms with van der Waals surface area (Å²) in [5, 5.41) is 0. The Labute approximate surface area is 481 Å². The molecule has 0 saturated carbocycles. The minimum absolute atomic E-state index is 0. The van der Waals surface area contributed by atoms with Crippen LogP contribution in [0.2, 0.25) is 0 Å². The molecule has 0 saturated heterocycles. The maximum absolute atomic E-state index is 12.7. The van der Waals surface area contributed by atoms with E-state index < -0.39 is 0 Å². The molecule has 1 aliphatic rings. The Hall–Kier alpha value is -1.99. The van der Waals surface area contributed by atoms with Crippen LogP contribution in [0.25, 0.3) is 16.9 Å². The molecule has 0 radical (unpaired) electrons. The van der Waals surface area contributed by atoms with Gasteiger partial charge in [-0.1, -0.05) is 236 Å². The minimum Gasteiger partial charge on any atom is -0.493 e. The zero-order valence-corrected chi connectivity index (χ0v) is 53.0. The van der Waals surface area contributed by atoms with Gasteiger partial charge in [0.2, 0.25) is 11.4 Å². The fraction of sp³-hybridized carbons (Fsp3) is 0.750. The summed E-state index contributed by atoms with van der Waals surface area (Å²) in [6.45, 7) is 30.8. The van der Waals surface area contributed by atoms with Gasteiger partial charge in [-0.15, -0.1) is 0 Å². The normalized spacial score (nSPS) is 12.3. The van der Waals surface area contributed by atoms with Gasteiger partial charge >= 0.3 is 16.5 Å². The molecule has 434 valence electrons. The first kappa shape index (κ1) is 73.0. The number of hydrogen-bond acceptors (Lipinski definition) is 0. The summed E-state index contributed by atoms with van der Waals surface area (Å²) in [5.74, 6) is 0. The van der Waals surface area contributed by atoms with Gasteiger partial charge in [-0.3, -0.25) is 0 Å². The van der Waals surface area contributed by atoms with Crippen LogP contribution < -0.4 is 0 Å². The fourth-order valence-corrected chi connectivity index (χ4v) is 11.0. The van der Waals surface area contributed by atoms with Crippen LogP contribution >= 0.6 is 0 Å². The Kier molecular flexibility index (Phi) is 48.9. The molecule has 2 aromatic carbocycles. The molecule has 0 unspecified atom stereocenters. The van der Waals surface area contributed by atoms with Crippen molar-refractivity contribution in [2.75, 3.05) is 0 Å². The minimum atomic E-state index is 0. The third kappa shape index (κ3) is 30.3. The largest absolute Gasteiger partial charge is 2.00 e. The molecule has 2 aromatic rings. The van der Waals surface area contributed by atoms with E-state index in [4.69, 9.17) is 0 Å². The molecule has 2 nitrogen and oxygen atoms in total. The van der Waals surface area contributed by atoms with Crippen LogP contribution in [0.5, 0.6) is 0 Å². The summed E-state index contributed by atoms with van der Waals surface area (Å²) in [5.41, 5.74) is 29.5. The SMILES string of the molecule is CCCCC1=C(c2cc(CCCC)c(CCCC)c(CCCC)c2)[N+](=[N-])C(c2cc(CCCC)c(CCCC)c(CCCC)c2)=C1CCCC.[CH2-]CCCCCCCCCCC.[CH2-]CCCCCCCCCCC.[Ni+2]. The first-order valence-corrected chi connectivity index (χ1v) is 33.1. The third-order valence-corrected chi connectivity index (χ3v) is 15.8. The van der Waals surface area contributed by atoms with Crippen molar-refractivity contribution in [3.05, 3.63) is 99.3 Å². The molecule has 0 bridgehead atoms. The zero-order chi connectivity index (χ0) is 54.4. The van der Waals surface area contributed by atoms with Crippen LogP contribution in [-0.2, 0) is 55.0 Å². The van der Waals surface area contributed by atoms with Crippen molar-refractivity contribution in [1.82, 2.24) is 0 Å². The molecule has 0 N–H and O–H groups in total. The van der Waals surface area contributed by atoms with E-state index in [1.165, 1.54) is 250 Å². The van der Waals surface area contributed by atoms with Gasteiger partial charge in [0.25, 0.3) is 0 Å². The van der Waals surface area contributed by atoms with Gasteiger partial charge in [0.1, 0.15) is 0 Å². The standard InChI is InChI=1S/C48H76N2.2C12H25.Ni/c1-9-17-25-37-33-41(34-38(26-18-10-2)43(37)29-21-13-5)47-45(31-23-15-7)46(32-24-16-8)48(50(47)49)42-35-39(27-19-11-3)44(30-22-14-6)40(36-42)28-20-12-4;2*1-3-5-7-9-11-12-10-8-6-4-2;/h33-36H,9-32H2,1-8H3;2*1,3-12H2,2H3;/q;2*-1;+2. The van der Waals surface area contributed by atoms with Gasteiger partial charge < -0.3 is 19.4 Å². The molecule has 0 amide bonds. The van der Waals surface area contributed by atoms with Crippen molar-refractivity contribution < 1.29 is 21.2 Å². The first-order valence-electron chi connectivity index (χ1n) is 33.1. The number of hydrogen-bond donors (Lipinski definition) is 0. The van der Waals surface area contributed by atoms with E-state index in [1.807, 2.05) is 0 Å². The quantitative estimate of drug-likeness (QED) is 0.0274. The second-order valence-electron chi connectivity index (χ2n) is 22.7. The third-order valence-electron chi connectivity index (χ3n) is 15.8. The van der Waals surface area contributed by atoms with Crippen molar-refractivity contribution in [3.8, 4) is 0 Å². The van der Waals surface area contributed by atoms with Crippen LogP contribution in [-0.4, -0.2) is 4.70 Å². The summed E-state index contributed by atoms with van der Waals surface area (Å²) in [4.78, 5) is 0. The van der Waals surface area contributed by atoms with Crippen LogP contribution in [0.1, 0.15) is 358 Å². The average molecular weight is 1080 g/mol. The monoisotopic (exact) mass is 1080 g/mol. The van der Waals surface area contributed by atoms with Crippen molar-refractivity contribution in [3.63, 3.8) is 0 Å². The summed E-state index contributed by atoms with van der Waals surface area (Å²) in [6.07, 6.45) is 56.0. The van der Waals surface area contributed by atoms with Crippen LogP contribution in [0.3, 0.4) is 0 Å². The van der Waals surface area contributed by atoms with E-state index >= 15 is 0 Å². The van der Waals surface area contributed by atoms with E-state index in [1.54, 1.807) is 15.8 Å². The summed E-state index contributed by atoms with van der Waals surface area (Å²) < 4.78 is 1.69. The molecule has 0 aliphatic carbocycles. The maximum Gasteiger partial charge on any atom is 2.00 e. The van der Waals surface area contributed by atoms with E-state index in [0.29, 0.717) is 0 Å². The Morgan fingerprint density at radius 1 is 0.293 bits per heavy atom. The Balaban J connectivity index is 0.00000180. The van der Waals surface area contributed by atoms with Crippen LogP contribution in [0, 0.1) is 13.8 Å². The van der Waals surface area contributed by atoms with Gasteiger partial charge in [-0.2, -0.15) is 12.8 Å². The molecule has 0 atom stereocenters. The van der Waals surface area contributed by atoms with E-state index in [-0.39, 0.29) is 16.5 Å². The molecule has 0 spiro atoms. The molecular formula is C72H126N2Ni. The smallest absolute Gasteiger partial charge is 0.493 e. The molecular weight excluding hydrogens is 951 g/mol. The number of nitrogens with zero attached hydrogens (tertiary/aromatic N) is 2. The summed E-state index contributed by atoms with van der Waals surface area (Å²) in [6, 6.07) is 10.0. The predicted octanol–water partition coefficient (Wildman–Crippen LogP) is 24.8. The second-order valence-corrected chi connectivity index (χ2v) is 22.7. The zero-order valence-electron chi connectivity index (χ0n) is 52.0. The van der Waals surface area contributed by atoms with E-state index in [9.17, 15) is 5.53 Å². The average Bonchev–Trinajstić information content (AvgIpc) is 3.69. The summed E-state index contributed by atoms with van der Waals surface area (Å²) in [7, 11) is 0. The van der Waals surface area contributed by atoms with Gasteiger partial charge in [-0.25, -0.2) is 4.70 Å². The van der Waals surface area contributed by atoms with Gasteiger partial charge in [-0.05, 0) is 160 Å². The molecule has 3 rings (SSSR count). The maximum atomic E-state index is 12.7. The predicted molar refractivity (Wildman–Crippen MR) is 335 cm³/mol. The molecule has 75 heavy (non-hydrogen) atoms. The Morgan fingerprint density at radius 2 is 0.507 bits per heavy atom. The Morgan fingerprint density at radius 3 is 0.747 bits per heavy atom. The molecule has 1 aliphatic heterocycles. The molecule has 0 fully saturated rings. The molecule has 0 aromatic heterocycles. The molecule has 1 heterocycles.